The highest BCUT2D eigenvalue weighted by atomic mass is 32.1. The van der Waals surface area contributed by atoms with Crippen molar-refractivity contribution in [3.63, 3.8) is 0 Å². The van der Waals surface area contributed by atoms with Crippen molar-refractivity contribution in [2.45, 2.75) is 38.8 Å². The monoisotopic (exact) mass is 280 g/mol. The highest BCUT2D eigenvalue weighted by molar-refractivity contribution is 7.10. The summed E-state index contributed by atoms with van der Waals surface area (Å²) in [6.07, 6.45) is 2.14. The lowest BCUT2D eigenvalue weighted by atomic mass is 10.1. The predicted molar refractivity (Wildman–Crippen MR) is 77.4 cm³/mol. The van der Waals surface area contributed by atoms with Gasteiger partial charge in [-0.3, -0.25) is 0 Å². The lowest BCUT2D eigenvalue weighted by Gasteiger charge is -2.14. The Hall–Kier alpha value is -1.40. The molecule has 2 atom stereocenters. The number of thiophene rings is 1. The summed E-state index contributed by atoms with van der Waals surface area (Å²) in [4.78, 5) is 1.29. The van der Waals surface area contributed by atoms with Crippen LogP contribution in [0.5, 0.6) is 0 Å². The van der Waals surface area contributed by atoms with Crippen LogP contribution in [0.15, 0.2) is 21.9 Å². The number of nitrogens with zero attached hydrogens (tertiary/aromatic N) is 2. The predicted octanol–water partition coefficient (Wildman–Crippen LogP) is 3.36. The summed E-state index contributed by atoms with van der Waals surface area (Å²) in [7, 11) is 1.87. The van der Waals surface area contributed by atoms with E-state index in [2.05, 4.69) is 45.3 Å². The lowest BCUT2D eigenvalue weighted by Crippen LogP contribution is -2.12. The van der Waals surface area contributed by atoms with Crippen LogP contribution in [0.2, 0.25) is 0 Å². The van der Waals surface area contributed by atoms with Crippen molar-refractivity contribution in [3.05, 3.63) is 28.3 Å². The summed E-state index contributed by atoms with van der Waals surface area (Å²) >= 11 is 1.74. The minimum Gasteiger partial charge on any atom is -0.406 e. The fourth-order valence-corrected chi connectivity index (χ4v) is 2.62. The first-order chi connectivity index (χ1) is 9.24. The molecule has 0 amide bonds. The molecule has 0 saturated carbocycles. The summed E-state index contributed by atoms with van der Waals surface area (Å²) in [5.74, 6) is 0.603. The van der Waals surface area contributed by atoms with E-state index in [0.29, 0.717) is 11.9 Å². The van der Waals surface area contributed by atoms with E-state index in [9.17, 15) is 0 Å². The van der Waals surface area contributed by atoms with Crippen LogP contribution in [-0.2, 0) is 0 Å². The van der Waals surface area contributed by atoms with Crippen molar-refractivity contribution in [2.24, 2.45) is 0 Å². The third kappa shape index (κ3) is 3.54. The second kappa shape index (κ2) is 6.68. The van der Waals surface area contributed by atoms with E-state index in [1.807, 2.05) is 14.0 Å². The first-order valence-corrected chi connectivity index (χ1v) is 7.43. The molecule has 2 rings (SSSR count). The van der Waals surface area contributed by atoms with Gasteiger partial charge in [-0.05, 0) is 31.8 Å². The second-order valence-electron chi connectivity index (χ2n) is 4.46. The zero-order valence-corrected chi connectivity index (χ0v) is 12.3. The molecule has 0 aliphatic rings. The first-order valence-electron chi connectivity index (χ1n) is 6.55. The van der Waals surface area contributed by atoms with E-state index in [1.165, 1.54) is 4.88 Å². The summed E-state index contributed by atoms with van der Waals surface area (Å²) < 4.78 is 5.62. The smallest absolute Gasteiger partial charge is 0.316 e. The molecule has 6 heteroatoms. The van der Waals surface area contributed by atoms with Gasteiger partial charge in [0.1, 0.15) is 0 Å². The van der Waals surface area contributed by atoms with Crippen LogP contribution in [-0.4, -0.2) is 17.2 Å². The molecule has 0 spiro atoms. The maximum Gasteiger partial charge on any atom is 0.316 e. The minimum atomic E-state index is 0.0643. The Balaban J connectivity index is 2.07. The Morgan fingerprint density at radius 2 is 2.26 bits per heavy atom. The molecule has 0 saturated heterocycles. The fraction of sp³-hybridized carbons (Fsp3) is 0.538. The maximum absolute atomic E-state index is 5.62. The van der Waals surface area contributed by atoms with Gasteiger partial charge in [-0.2, -0.15) is 0 Å². The third-order valence-corrected chi connectivity index (χ3v) is 3.99. The van der Waals surface area contributed by atoms with Crippen molar-refractivity contribution in [2.75, 3.05) is 12.4 Å². The molecule has 0 radical (unpaired) electrons. The first kappa shape index (κ1) is 14.0. The van der Waals surface area contributed by atoms with Crippen molar-refractivity contribution in [1.29, 1.82) is 0 Å². The van der Waals surface area contributed by atoms with E-state index in [0.717, 1.165) is 12.8 Å². The maximum atomic E-state index is 5.62. The van der Waals surface area contributed by atoms with Gasteiger partial charge in [0.05, 0.1) is 12.1 Å². The molecular weight excluding hydrogens is 260 g/mol. The molecule has 19 heavy (non-hydrogen) atoms. The van der Waals surface area contributed by atoms with Gasteiger partial charge in [-0.25, -0.2) is 0 Å². The molecular formula is C13H20N4OS. The van der Waals surface area contributed by atoms with Crippen LogP contribution in [0, 0.1) is 0 Å². The highest BCUT2D eigenvalue weighted by Gasteiger charge is 2.17. The van der Waals surface area contributed by atoms with E-state index in [1.54, 1.807) is 11.3 Å². The molecule has 2 heterocycles. The average molecular weight is 280 g/mol. The molecule has 2 aromatic rings. The number of aromatic nitrogens is 2. The molecule has 0 aliphatic carbocycles. The van der Waals surface area contributed by atoms with E-state index < -0.39 is 0 Å². The number of nitrogens with one attached hydrogen (secondary N) is 2. The number of anilines is 1. The molecule has 104 valence electrons. The molecule has 0 aromatic carbocycles. The van der Waals surface area contributed by atoms with E-state index in [4.69, 9.17) is 4.42 Å². The average Bonchev–Trinajstić information content (AvgIpc) is 3.08. The van der Waals surface area contributed by atoms with Crippen LogP contribution in [0.4, 0.5) is 6.01 Å². The van der Waals surface area contributed by atoms with Crippen molar-refractivity contribution >= 4 is 17.4 Å². The molecule has 2 N–H and O–H groups in total. The van der Waals surface area contributed by atoms with E-state index >= 15 is 0 Å². The topological polar surface area (TPSA) is 63.0 Å². The molecule has 0 fully saturated rings. The van der Waals surface area contributed by atoms with Crippen LogP contribution >= 0.6 is 11.3 Å². The van der Waals surface area contributed by atoms with Crippen LogP contribution in [0.25, 0.3) is 0 Å². The van der Waals surface area contributed by atoms with Crippen molar-refractivity contribution < 1.29 is 4.42 Å². The Labute approximate surface area is 117 Å². The van der Waals surface area contributed by atoms with Crippen LogP contribution in [0.1, 0.15) is 49.5 Å². The van der Waals surface area contributed by atoms with Crippen molar-refractivity contribution in [1.82, 2.24) is 15.5 Å². The Morgan fingerprint density at radius 3 is 2.89 bits per heavy atom. The van der Waals surface area contributed by atoms with Gasteiger partial charge in [0.15, 0.2) is 0 Å². The van der Waals surface area contributed by atoms with Gasteiger partial charge >= 0.3 is 6.01 Å². The zero-order valence-electron chi connectivity index (χ0n) is 11.5. The summed E-state index contributed by atoms with van der Waals surface area (Å²) in [5, 5.41) is 16.6. The number of hydrogen-bond acceptors (Lipinski definition) is 6. The van der Waals surface area contributed by atoms with Gasteiger partial charge in [0, 0.05) is 4.88 Å². The molecule has 2 unspecified atom stereocenters. The SMILES string of the molecule is CCCC(Nc1nnc(C(C)NC)o1)c1cccs1. The number of hydrogen-bond donors (Lipinski definition) is 2. The second-order valence-corrected chi connectivity index (χ2v) is 5.44. The summed E-state index contributed by atoms with van der Waals surface area (Å²) in [5.41, 5.74) is 0. The standard InChI is InChI=1S/C13H20N4OS/c1-4-6-10(11-7-5-8-19-11)15-13-17-16-12(18-13)9(2)14-3/h5,7-10,14H,4,6H2,1-3H3,(H,15,17). The highest BCUT2D eigenvalue weighted by Crippen LogP contribution is 2.27. The molecule has 0 aliphatic heterocycles. The van der Waals surface area contributed by atoms with Crippen LogP contribution in [0.3, 0.4) is 0 Å². The quantitative estimate of drug-likeness (QED) is 0.814. The largest absolute Gasteiger partial charge is 0.406 e. The normalized spacial score (nSPS) is 14.3. The number of rotatable bonds is 7. The van der Waals surface area contributed by atoms with Gasteiger partial charge in [-0.15, -0.1) is 16.4 Å². The summed E-state index contributed by atoms with van der Waals surface area (Å²) in [6.45, 7) is 4.16. The molecule has 5 nitrogen and oxygen atoms in total. The van der Waals surface area contributed by atoms with Crippen LogP contribution < -0.4 is 10.6 Å². The van der Waals surface area contributed by atoms with E-state index in [-0.39, 0.29) is 12.1 Å². The third-order valence-electron chi connectivity index (χ3n) is 3.01. The zero-order chi connectivity index (χ0) is 13.7. The van der Waals surface area contributed by atoms with Gasteiger partial charge < -0.3 is 15.1 Å². The Morgan fingerprint density at radius 1 is 1.42 bits per heavy atom. The molecule has 0 bridgehead atoms. The van der Waals surface area contributed by atoms with Crippen molar-refractivity contribution in [3.8, 4) is 0 Å². The van der Waals surface area contributed by atoms with Gasteiger partial charge in [0.2, 0.25) is 5.89 Å². The fourth-order valence-electron chi connectivity index (χ4n) is 1.80. The van der Waals surface area contributed by atoms with Gasteiger partial charge in [-0.1, -0.05) is 24.5 Å². The summed E-state index contributed by atoms with van der Waals surface area (Å²) in [6, 6.07) is 4.99. The minimum absolute atomic E-state index is 0.0643. The van der Waals surface area contributed by atoms with Gasteiger partial charge in [0.25, 0.3) is 0 Å². The molecule has 2 aromatic heterocycles. The lowest BCUT2D eigenvalue weighted by molar-refractivity contribution is 0.437. The Kier molecular flexibility index (Phi) is 4.93. The Bertz CT molecular complexity index is 483.